The van der Waals surface area contributed by atoms with Gasteiger partial charge in [-0.05, 0) is 37.8 Å². The molecule has 0 bridgehead atoms. The van der Waals surface area contributed by atoms with Gasteiger partial charge >= 0.3 is 0 Å². The molecule has 0 radical (unpaired) electrons. The molecule has 1 aliphatic carbocycles. The Labute approximate surface area is 126 Å². The van der Waals surface area contributed by atoms with Crippen LogP contribution < -0.4 is 10.2 Å². The molecule has 4 heteroatoms. The molecule has 0 atom stereocenters. The van der Waals surface area contributed by atoms with E-state index in [1.165, 1.54) is 24.1 Å². The van der Waals surface area contributed by atoms with Crippen LogP contribution in [0.3, 0.4) is 0 Å². The van der Waals surface area contributed by atoms with Crippen molar-refractivity contribution in [1.29, 1.82) is 0 Å². The second-order valence-electron chi connectivity index (χ2n) is 4.75. The zero-order valence-electron chi connectivity index (χ0n) is 10.7. The van der Waals surface area contributed by atoms with Gasteiger partial charge in [0.15, 0.2) is 5.96 Å². The number of hydrogen-bond donors (Lipinski definition) is 1. The van der Waals surface area contributed by atoms with E-state index in [0.717, 1.165) is 25.5 Å². The van der Waals surface area contributed by atoms with Crippen LogP contribution in [0.1, 0.15) is 25.3 Å². The first-order valence-corrected chi connectivity index (χ1v) is 6.55. The van der Waals surface area contributed by atoms with Crippen molar-refractivity contribution < 1.29 is 0 Å². The van der Waals surface area contributed by atoms with E-state index in [4.69, 9.17) is 0 Å². The van der Waals surface area contributed by atoms with Crippen LogP contribution in [0.5, 0.6) is 0 Å². The first-order chi connectivity index (χ1) is 8.38. The summed E-state index contributed by atoms with van der Waals surface area (Å²) in [6.07, 6.45) is 3.71. The lowest BCUT2D eigenvalue weighted by Gasteiger charge is -2.22. The minimum Gasteiger partial charge on any atom is -0.353 e. The molecule has 1 heterocycles. The smallest absolute Gasteiger partial charge is 0.198 e. The van der Waals surface area contributed by atoms with Crippen LogP contribution in [0, 0.1) is 0 Å². The van der Waals surface area contributed by atoms with Crippen LogP contribution in [-0.2, 0) is 6.42 Å². The molecule has 0 saturated heterocycles. The fourth-order valence-corrected chi connectivity index (χ4v) is 2.33. The third-order valence-corrected chi connectivity index (χ3v) is 3.36. The van der Waals surface area contributed by atoms with E-state index in [1.54, 1.807) is 0 Å². The molecule has 0 aromatic heterocycles. The number of nitrogens with one attached hydrogen (secondary N) is 1. The number of guanidine groups is 1. The SMILES string of the molecule is CCN=C(NC1CC1)N1CCc2ccccc21.I. The number of aliphatic imine (C=N–C) groups is 1. The highest BCUT2D eigenvalue weighted by atomic mass is 127. The van der Waals surface area contributed by atoms with Crippen LogP contribution in [-0.4, -0.2) is 25.1 Å². The van der Waals surface area contributed by atoms with E-state index in [2.05, 4.69) is 46.4 Å². The van der Waals surface area contributed by atoms with Crippen molar-refractivity contribution in [3.8, 4) is 0 Å². The van der Waals surface area contributed by atoms with Gasteiger partial charge in [-0.2, -0.15) is 0 Å². The molecule has 1 N–H and O–H groups in total. The quantitative estimate of drug-likeness (QED) is 0.501. The van der Waals surface area contributed by atoms with Crippen molar-refractivity contribution in [2.45, 2.75) is 32.2 Å². The number of rotatable bonds is 2. The molecule has 0 amide bonds. The Hall–Kier alpha value is -0.780. The minimum atomic E-state index is 0. The zero-order valence-corrected chi connectivity index (χ0v) is 13.1. The predicted octanol–water partition coefficient (Wildman–Crippen LogP) is 2.80. The van der Waals surface area contributed by atoms with Crippen LogP contribution >= 0.6 is 24.0 Å². The lowest BCUT2D eigenvalue weighted by Crippen LogP contribution is -2.41. The molecule has 1 fully saturated rings. The molecular formula is C14H20IN3. The Balaban J connectivity index is 0.00000120. The Morgan fingerprint density at radius 3 is 2.89 bits per heavy atom. The minimum absolute atomic E-state index is 0. The molecule has 2 aliphatic rings. The maximum Gasteiger partial charge on any atom is 0.198 e. The lowest BCUT2D eigenvalue weighted by molar-refractivity contribution is 0.853. The number of nitrogens with zero attached hydrogens (tertiary/aromatic N) is 2. The molecular weight excluding hydrogens is 337 g/mol. The van der Waals surface area contributed by atoms with Crippen molar-refractivity contribution in [1.82, 2.24) is 5.32 Å². The number of para-hydroxylation sites is 1. The third-order valence-electron chi connectivity index (χ3n) is 3.36. The van der Waals surface area contributed by atoms with Crippen LogP contribution in [0.4, 0.5) is 5.69 Å². The lowest BCUT2D eigenvalue weighted by atomic mass is 10.2. The van der Waals surface area contributed by atoms with Gasteiger partial charge in [-0.3, -0.25) is 4.99 Å². The zero-order chi connectivity index (χ0) is 11.7. The normalized spacial score (nSPS) is 18.3. The van der Waals surface area contributed by atoms with Crippen molar-refractivity contribution in [3.63, 3.8) is 0 Å². The highest BCUT2D eigenvalue weighted by Crippen LogP contribution is 2.28. The average molecular weight is 357 g/mol. The van der Waals surface area contributed by atoms with Crippen LogP contribution in [0.15, 0.2) is 29.3 Å². The van der Waals surface area contributed by atoms with Gasteiger partial charge in [0.25, 0.3) is 0 Å². The summed E-state index contributed by atoms with van der Waals surface area (Å²) in [7, 11) is 0. The summed E-state index contributed by atoms with van der Waals surface area (Å²) in [5.41, 5.74) is 2.77. The molecule has 0 spiro atoms. The average Bonchev–Trinajstić information content (AvgIpc) is 3.07. The van der Waals surface area contributed by atoms with Crippen molar-refractivity contribution >= 4 is 35.6 Å². The van der Waals surface area contributed by atoms with Crippen LogP contribution in [0.2, 0.25) is 0 Å². The first-order valence-electron chi connectivity index (χ1n) is 6.55. The van der Waals surface area contributed by atoms with E-state index < -0.39 is 0 Å². The Morgan fingerprint density at radius 2 is 2.17 bits per heavy atom. The van der Waals surface area contributed by atoms with Gasteiger partial charge < -0.3 is 10.2 Å². The molecule has 1 aromatic carbocycles. The fraction of sp³-hybridized carbons (Fsp3) is 0.500. The molecule has 98 valence electrons. The van der Waals surface area contributed by atoms with E-state index in [1.807, 2.05) is 0 Å². The van der Waals surface area contributed by atoms with Gasteiger partial charge in [0.1, 0.15) is 0 Å². The van der Waals surface area contributed by atoms with Gasteiger partial charge in [0.2, 0.25) is 0 Å². The maximum absolute atomic E-state index is 4.62. The predicted molar refractivity (Wildman–Crippen MR) is 87.0 cm³/mol. The molecule has 3 nitrogen and oxygen atoms in total. The number of fused-ring (bicyclic) bond motifs is 1. The fourth-order valence-electron chi connectivity index (χ4n) is 2.33. The molecule has 1 aliphatic heterocycles. The summed E-state index contributed by atoms with van der Waals surface area (Å²) in [6.45, 7) is 3.99. The number of anilines is 1. The summed E-state index contributed by atoms with van der Waals surface area (Å²) >= 11 is 0. The molecule has 18 heavy (non-hydrogen) atoms. The largest absolute Gasteiger partial charge is 0.353 e. The first kappa shape index (κ1) is 13.6. The van der Waals surface area contributed by atoms with E-state index in [-0.39, 0.29) is 24.0 Å². The van der Waals surface area contributed by atoms with Crippen LogP contribution in [0.25, 0.3) is 0 Å². The highest BCUT2D eigenvalue weighted by Gasteiger charge is 2.28. The maximum atomic E-state index is 4.62. The molecule has 0 unspecified atom stereocenters. The van der Waals surface area contributed by atoms with Gasteiger partial charge in [-0.1, -0.05) is 18.2 Å². The second kappa shape index (κ2) is 5.91. The number of halogens is 1. The highest BCUT2D eigenvalue weighted by molar-refractivity contribution is 14.0. The van der Waals surface area contributed by atoms with Gasteiger partial charge in [0.05, 0.1) is 0 Å². The summed E-state index contributed by atoms with van der Waals surface area (Å²) in [5.74, 6) is 1.07. The van der Waals surface area contributed by atoms with Gasteiger partial charge in [0, 0.05) is 24.8 Å². The Morgan fingerprint density at radius 1 is 1.39 bits per heavy atom. The van der Waals surface area contributed by atoms with Gasteiger partial charge in [-0.25, -0.2) is 0 Å². The van der Waals surface area contributed by atoms with Crippen molar-refractivity contribution in [3.05, 3.63) is 29.8 Å². The van der Waals surface area contributed by atoms with E-state index >= 15 is 0 Å². The van der Waals surface area contributed by atoms with Gasteiger partial charge in [-0.15, -0.1) is 24.0 Å². The molecule has 3 rings (SSSR count). The Kier molecular flexibility index (Phi) is 4.48. The number of hydrogen-bond acceptors (Lipinski definition) is 1. The third kappa shape index (κ3) is 2.79. The van der Waals surface area contributed by atoms with E-state index in [0.29, 0.717) is 6.04 Å². The summed E-state index contributed by atoms with van der Waals surface area (Å²) in [6, 6.07) is 9.30. The van der Waals surface area contributed by atoms with Crippen molar-refractivity contribution in [2.24, 2.45) is 4.99 Å². The number of benzene rings is 1. The summed E-state index contributed by atoms with van der Waals surface area (Å²) in [5, 5.41) is 3.55. The van der Waals surface area contributed by atoms with Crippen molar-refractivity contribution in [2.75, 3.05) is 18.0 Å². The Bertz CT molecular complexity index is 440. The second-order valence-corrected chi connectivity index (χ2v) is 4.75. The summed E-state index contributed by atoms with van der Waals surface area (Å²) in [4.78, 5) is 6.95. The molecule has 1 saturated carbocycles. The van der Waals surface area contributed by atoms with E-state index in [9.17, 15) is 0 Å². The standard InChI is InChI=1S/C14H19N3.HI/c1-2-15-14(16-12-7-8-12)17-10-9-11-5-3-4-6-13(11)17;/h3-6,12H,2,7-10H2,1H3,(H,15,16);1H. The topological polar surface area (TPSA) is 27.6 Å². The molecule has 1 aromatic rings. The summed E-state index contributed by atoms with van der Waals surface area (Å²) < 4.78 is 0. The monoisotopic (exact) mass is 357 g/mol.